The first-order chi connectivity index (χ1) is 14.5. The summed E-state index contributed by atoms with van der Waals surface area (Å²) in [6.07, 6.45) is 8.76. The summed E-state index contributed by atoms with van der Waals surface area (Å²) in [5.41, 5.74) is 5.75. The molecule has 5 rings (SSSR count). The Morgan fingerprint density at radius 2 is 1.97 bits per heavy atom. The molecule has 0 radical (unpaired) electrons. The van der Waals surface area contributed by atoms with E-state index in [9.17, 15) is 8.42 Å². The van der Waals surface area contributed by atoms with E-state index in [-0.39, 0.29) is 5.25 Å². The van der Waals surface area contributed by atoms with Crippen LogP contribution in [0.4, 0.5) is 5.69 Å². The number of aryl methyl sites for hydroxylation is 1. The van der Waals surface area contributed by atoms with Crippen molar-refractivity contribution in [3.8, 4) is 16.9 Å². The van der Waals surface area contributed by atoms with Crippen LogP contribution < -0.4 is 4.72 Å². The molecular weight excluding hydrogens is 398 g/mol. The number of nitrogens with one attached hydrogen (secondary N) is 2. The molecule has 4 aromatic rings. The van der Waals surface area contributed by atoms with Gasteiger partial charge in [0.25, 0.3) is 0 Å². The maximum Gasteiger partial charge on any atom is 0.235 e. The van der Waals surface area contributed by atoms with Crippen molar-refractivity contribution in [3.63, 3.8) is 0 Å². The summed E-state index contributed by atoms with van der Waals surface area (Å²) < 4.78 is 29.6. The predicted octanol–water partition coefficient (Wildman–Crippen LogP) is 4.27. The van der Waals surface area contributed by atoms with Crippen LogP contribution in [0.2, 0.25) is 0 Å². The van der Waals surface area contributed by atoms with Crippen LogP contribution in [0.25, 0.3) is 28.0 Å². The smallest absolute Gasteiger partial charge is 0.235 e. The van der Waals surface area contributed by atoms with E-state index in [1.165, 1.54) is 5.56 Å². The lowest BCUT2D eigenvalue weighted by Gasteiger charge is -2.25. The van der Waals surface area contributed by atoms with Gasteiger partial charge in [0.15, 0.2) is 0 Å². The number of pyridine rings is 1. The first-order valence-electron chi connectivity index (χ1n) is 10.2. The molecule has 1 fully saturated rings. The lowest BCUT2D eigenvalue weighted by molar-refractivity contribution is 0.480. The topological polar surface area (TPSA) is 92.7 Å². The highest BCUT2D eigenvalue weighted by Gasteiger charge is 2.31. The van der Waals surface area contributed by atoms with Crippen molar-refractivity contribution >= 4 is 26.7 Å². The highest BCUT2D eigenvalue weighted by molar-refractivity contribution is 7.93. The molecule has 30 heavy (non-hydrogen) atoms. The molecule has 0 aliphatic heterocycles. The van der Waals surface area contributed by atoms with Gasteiger partial charge in [-0.25, -0.2) is 18.1 Å². The molecule has 1 aliphatic carbocycles. The maximum atomic E-state index is 12.5. The number of fused-ring (bicyclic) bond motifs is 1. The van der Waals surface area contributed by atoms with Gasteiger partial charge in [-0.1, -0.05) is 25.5 Å². The van der Waals surface area contributed by atoms with Gasteiger partial charge in [-0.2, -0.15) is 5.10 Å². The first-order valence-corrected chi connectivity index (χ1v) is 11.7. The number of anilines is 1. The lowest BCUT2D eigenvalue weighted by Crippen LogP contribution is -2.33. The Bertz CT molecular complexity index is 1300. The van der Waals surface area contributed by atoms with E-state index in [1.807, 2.05) is 35.1 Å². The second kappa shape index (κ2) is 7.28. The predicted molar refractivity (Wildman–Crippen MR) is 118 cm³/mol. The quantitative estimate of drug-likeness (QED) is 0.486. The standard InChI is InChI=1S/C22H23N5O2S/c1-2-15-6-8-17(9-7-15)27-14-16(12-24-27)19-10-11-20-22(25-19)21(13-23-20)26-30(28,29)18-4-3-5-18/h6-14,18,23,26H,2-5H2,1H3. The minimum absolute atomic E-state index is 0.303. The fraction of sp³-hybridized carbons (Fsp3) is 0.273. The molecule has 0 unspecified atom stereocenters. The zero-order chi connectivity index (χ0) is 20.7. The van der Waals surface area contributed by atoms with E-state index in [1.54, 1.807) is 12.4 Å². The molecule has 8 heteroatoms. The molecule has 0 atom stereocenters. The van der Waals surface area contributed by atoms with Crippen LogP contribution in [0.15, 0.2) is 55.0 Å². The number of rotatable bonds is 6. The molecule has 0 saturated heterocycles. The Hall–Kier alpha value is -3.13. The Kier molecular flexibility index (Phi) is 4.58. The van der Waals surface area contributed by atoms with E-state index in [2.05, 4.69) is 33.9 Å². The highest BCUT2D eigenvalue weighted by atomic mass is 32.2. The van der Waals surface area contributed by atoms with Crippen LogP contribution in [0.3, 0.4) is 0 Å². The average Bonchev–Trinajstić information content (AvgIpc) is 3.33. The van der Waals surface area contributed by atoms with Gasteiger partial charge in [0.1, 0.15) is 5.52 Å². The van der Waals surface area contributed by atoms with Crippen LogP contribution in [0, 0.1) is 0 Å². The van der Waals surface area contributed by atoms with Gasteiger partial charge in [-0.05, 0) is 49.1 Å². The lowest BCUT2D eigenvalue weighted by atomic mass is 10.0. The summed E-state index contributed by atoms with van der Waals surface area (Å²) in [6, 6.07) is 12.1. The zero-order valence-corrected chi connectivity index (χ0v) is 17.5. The van der Waals surface area contributed by atoms with Gasteiger partial charge in [0.2, 0.25) is 10.0 Å². The Labute approximate surface area is 175 Å². The molecule has 0 bridgehead atoms. The maximum absolute atomic E-state index is 12.5. The van der Waals surface area contributed by atoms with Gasteiger partial charge in [0, 0.05) is 18.0 Å². The minimum Gasteiger partial charge on any atom is -0.358 e. The van der Waals surface area contributed by atoms with Crippen molar-refractivity contribution in [2.75, 3.05) is 4.72 Å². The van der Waals surface area contributed by atoms with E-state index < -0.39 is 10.0 Å². The van der Waals surface area contributed by atoms with E-state index in [0.29, 0.717) is 11.2 Å². The van der Waals surface area contributed by atoms with Crippen molar-refractivity contribution < 1.29 is 8.42 Å². The summed E-state index contributed by atoms with van der Waals surface area (Å²) in [7, 11) is -3.38. The summed E-state index contributed by atoms with van der Waals surface area (Å²) in [5, 5.41) is 4.16. The number of H-pyrrole nitrogens is 1. The monoisotopic (exact) mass is 421 g/mol. The second-order valence-corrected chi connectivity index (χ2v) is 9.65. The summed E-state index contributed by atoms with van der Waals surface area (Å²) in [5.74, 6) is 0. The molecule has 0 spiro atoms. The van der Waals surface area contributed by atoms with Crippen molar-refractivity contribution in [1.29, 1.82) is 0 Å². The molecule has 1 saturated carbocycles. The van der Waals surface area contributed by atoms with Crippen molar-refractivity contribution in [3.05, 3.63) is 60.6 Å². The van der Waals surface area contributed by atoms with Crippen molar-refractivity contribution in [2.45, 2.75) is 37.9 Å². The van der Waals surface area contributed by atoms with Crippen molar-refractivity contribution in [2.24, 2.45) is 0 Å². The molecule has 3 aromatic heterocycles. The average molecular weight is 422 g/mol. The largest absolute Gasteiger partial charge is 0.358 e. The third kappa shape index (κ3) is 3.37. The summed E-state index contributed by atoms with van der Waals surface area (Å²) in [6.45, 7) is 2.13. The van der Waals surface area contributed by atoms with Gasteiger partial charge in [-0.15, -0.1) is 0 Å². The fourth-order valence-electron chi connectivity index (χ4n) is 3.64. The number of hydrogen-bond donors (Lipinski definition) is 2. The number of nitrogens with zero attached hydrogens (tertiary/aromatic N) is 3. The van der Waals surface area contributed by atoms with Crippen LogP contribution in [0.1, 0.15) is 31.7 Å². The highest BCUT2D eigenvalue weighted by Crippen LogP contribution is 2.31. The molecule has 1 aliphatic rings. The fourth-order valence-corrected chi connectivity index (χ4v) is 5.22. The number of aromatic amines is 1. The molecule has 7 nitrogen and oxygen atoms in total. The molecule has 154 valence electrons. The number of benzene rings is 1. The SMILES string of the molecule is CCc1ccc(-n2cc(-c3ccc4[nH]cc(NS(=O)(=O)C5CCC5)c4n3)cn2)cc1. The van der Waals surface area contributed by atoms with Gasteiger partial charge < -0.3 is 4.98 Å². The van der Waals surface area contributed by atoms with Crippen LogP contribution in [0.5, 0.6) is 0 Å². The number of aromatic nitrogens is 4. The van der Waals surface area contributed by atoms with Crippen LogP contribution >= 0.6 is 0 Å². The number of hydrogen-bond acceptors (Lipinski definition) is 4. The molecular formula is C22H23N5O2S. The molecule has 0 amide bonds. The van der Waals surface area contributed by atoms with Gasteiger partial charge in [0.05, 0.1) is 34.0 Å². The van der Waals surface area contributed by atoms with E-state index in [0.717, 1.165) is 48.1 Å². The van der Waals surface area contributed by atoms with Gasteiger partial charge >= 0.3 is 0 Å². The molecule has 1 aromatic carbocycles. The minimum atomic E-state index is -3.38. The van der Waals surface area contributed by atoms with Crippen LogP contribution in [-0.2, 0) is 16.4 Å². The number of sulfonamides is 1. The molecule has 2 N–H and O–H groups in total. The normalized spacial score (nSPS) is 14.7. The van der Waals surface area contributed by atoms with Crippen LogP contribution in [-0.4, -0.2) is 33.4 Å². The Balaban J connectivity index is 1.45. The van der Waals surface area contributed by atoms with Gasteiger partial charge in [-0.3, -0.25) is 4.72 Å². The Morgan fingerprint density at radius 3 is 2.67 bits per heavy atom. The van der Waals surface area contributed by atoms with Crippen molar-refractivity contribution in [1.82, 2.24) is 19.7 Å². The molecule has 3 heterocycles. The summed E-state index contributed by atoms with van der Waals surface area (Å²) >= 11 is 0. The second-order valence-electron chi connectivity index (χ2n) is 7.69. The van der Waals surface area contributed by atoms with E-state index in [4.69, 9.17) is 4.98 Å². The Morgan fingerprint density at radius 1 is 1.17 bits per heavy atom. The first kappa shape index (κ1) is 18.9. The zero-order valence-electron chi connectivity index (χ0n) is 16.7. The summed E-state index contributed by atoms with van der Waals surface area (Å²) in [4.78, 5) is 7.81. The third-order valence-electron chi connectivity index (χ3n) is 5.75. The van der Waals surface area contributed by atoms with E-state index >= 15 is 0 Å². The third-order valence-corrected chi connectivity index (χ3v) is 7.61.